The number of nitrogens with one attached hydrogen (secondary N) is 1. The van der Waals surface area contributed by atoms with E-state index in [9.17, 15) is 8.94 Å². The van der Waals surface area contributed by atoms with E-state index >= 15 is 0 Å². The predicted molar refractivity (Wildman–Crippen MR) is 88.8 cm³/mol. The molecular weight excluding hydrogens is 315 g/mol. The lowest BCUT2D eigenvalue weighted by Crippen LogP contribution is -2.40. The van der Waals surface area contributed by atoms with Crippen LogP contribution in [0, 0.1) is 17.1 Å². The van der Waals surface area contributed by atoms with Crippen LogP contribution in [0.25, 0.3) is 0 Å². The van der Waals surface area contributed by atoms with E-state index < -0.39 is 21.7 Å². The minimum atomic E-state index is -1.27. The van der Waals surface area contributed by atoms with Crippen molar-refractivity contribution in [3.8, 4) is 11.8 Å². The summed E-state index contributed by atoms with van der Waals surface area (Å²) in [6, 6.07) is 4.65. The monoisotopic (exact) mass is 338 g/mol. The molecular formula is C17H23FN2O2S. The molecule has 4 nitrogen and oxygen atoms in total. The third-order valence-electron chi connectivity index (χ3n) is 3.83. The first kappa shape index (κ1) is 18.1. The van der Waals surface area contributed by atoms with E-state index in [1.807, 2.05) is 34.6 Å². The number of nitriles is 1. The zero-order chi connectivity index (χ0) is 17.4. The Morgan fingerprint density at radius 3 is 2.74 bits per heavy atom. The van der Waals surface area contributed by atoms with Crippen molar-refractivity contribution in [2.75, 3.05) is 0 Å². The summed E-state index contributed by atoms with van der Waals surface area (Å²) in [7, 11) is 0. The molecule has 126 valence electrons. The van der Waals surface area contributed by atoms with Crippen molar-refractivity contribution in [1.82, 2.24) is 4.72 Å². The maximum absolute atomic E-state index is 14.0. The number of hydrogen-bond donors (Lipinski definition) is 1. The third-order valence-corrected chi connectivity index (χ3v) is 5.51. The molecule has 23 heavy (non-hydrogen) atoms. The normalized spacial score (nSPS) is 22.9. The summed E-state index contributed by atoms with van der Waals surface area (Å²) in [5.41, 5.74) is 0.759. The van der Waals surface area contributed by atoms with Crippen molar-refractivity contribution in [1.29, 1.82) is 5.26 Å². The van der Waals surface area contributed by atoms with Crippen molar-refractivity contribution in [2.24, 2.45) is 0 Å². The number of benzene rings is 1. The topological polar surface area (TPSA) is 68.1 Å². The highest BCUT2D eigenvalue weighted by atomic mass is 32.2. The van der Waals surface area contributed by atoms with Gasteiger partial charge in [0.2, 0.25) is 0 Å². The summed E-state index contributed by atoms with van der Waals surface area (Å²) in [5, 5.41) is 8.96. The van der Waals surface area contributed by atoms with E-state index in [0.29, 0.717) is 17.7 Å². The number of hydrogen-bond acceptors (Lipinski definition) is 4. The van der Waals surface area contributed by atoms with Crippen molar-refractivity contribution >= 4 is 11.4 Å². The van der Waals surface area contributed by atoms with Crippen LogP contribution in [0.3, 0.4) is 0 Å². The summed E-state index contributed by atoms with van der Waals surface area (Å²) in [5.74, 6) is 0.258. The Balaban J connectivity index is 2.31. The second-order valence-electron chi connectivity index (χ2n) is 7.27. The van der Waals surface area contributed by atoms with Crippen molar-refractivity contribution in [3.05, 3.63) is 29.1 Å². The molecule has 0 saturated heterocycles. The number of rotatable bonds is 4. The number of fused-ring (bicyclic) bond motifs is 1. The van der Waals surface area contributed by atoms with Crippen LogP contribution >= 0.6 is 0 Å². The molecule has 1 aliphatic heterocycles. The van der Waals surface area contributed by atoms with Gasteiger partial charge in [-0.3, -0.25) is 0 Å². The molecule has 1 aromatic rings. The molecule has 1 unspecified atom stereocenters. The van der Waals surface area contributed by atoms with E-state index in [0.717, 1.165) is 5.56 Å². The molecule has 0 amide bonds. The van der Waals surface area contributed by atoms with E-state index in [-0.39, 0.29) is 18.3 Å². The fraction of sp³-hybridized carbons (Fsp3) is 0.588. The molecule has 3 atom stereocenters. The number of ether oxygens (including phenoxy) is 1. The molecule has 0 bridgehead atoms. The van der Waals surface area contributed by atoms with Crippen LogP contribution in [-0.2, 0) is 17.8 Å². The molecule has 1 aromatic carbocycles. The quantitative estimate of drug-likeness (QED) is 0.853. The standard InChI is InChI=1S/C17H23FN2O2S/c1-11(20-23(21)16(2,3)4)14-9-13(18)8-12-10-17(5,6-7-19)22-15(12)14/h8-9,11,20H,6,10H2,1-5H3/t11?,17-,23-/m1/s1. The van der Waals surface area contributed by atoms with Crippen LogP contribution in [0.1, 0.15) is 58.2 Å². The van der Waals surface area contributed by atoms with Gasteiger partial charge in [0.15, 0.2) is 0 Å². The van der Waals surface area contributed by atoms with Crippen LogP contribution in [0.5, 0.6) is 5.75 Å². The third kappa shape index (κ3) is 3.97. The highest BCUT2D eigenvalue weighted by Crippen LogP contribution is 2.42. The summed E-state index contributed by atoms with van der Waals surface area (Å²) >= 11 is -1.27. The van der Waals surface area contributed by atoms with Gasteiger partial charge < -0.3 is 9.29 Å². The molecule has 6 heteroatoms. The van der Waals surface area contributed by atoms with Crippen molar-refractivity contribution < 1.29 is 13.7 Å². The van der Waals surface area contributed by atoms with Gasteiger partial charge in [0, 0.05) is 28.9 Å². The van der Waals surface area contributed by atoms with Gasteiger partial charge >= 0.3 is 0 Å². The van der Waals surface area contributed by atoms with Gasteiger partial charge in [0.25, 0.3) is 0 Å². The van der Waals surface area contributed by atoms with E-state index in [1.165, 1.54) is 12.1 Å². The van der Waals surface area contributed by atoms with Crippen LogP contribution < -0.4 is 9.46 Å². The van der Waals surface area contributed by atoms with Crippen molar-refractivity contribution in [3.63, 3.8) is 0 Å². The summed E-state index contributed by atoms with van der Waals surface area (Å²) in [6.07, 6.45) is 0.730. The molecule has 0 saturated carbocycles. The Morgan fingerprint density at radius 1 is 1.52 bits per heavy atom. The van der Waals surface area contributed by atoms with Gasteiger partial charge in [0.1, 0.15) is 21.9 Å². The van der Waals surface area contributed by atoms with Gasteiger partial charge in [-0.1, -0.05) is 0 Å². The van der Waals surface area contributed by atoms with Crippen LogP contribution in [-0.4, -0.2) is 14.9 Å². The van der Waals surface area contributed by atoms with Gasteiger partial charge in [-0.2, -0.15) is 5.26 Å². The average Bonchev–Trinajstić information content (AvgIpc) is 2.72. The zero-order valence-corrected chi connectivity index (χ0v) is 15.0. The Labute approximate surface area is 140 Å². The first-order valence-electron chi connectivity index (χ1n) is 7.62. The Hall–Kier alpha value is -1.29. The van der Waals surface area contributed by atoms with E-state index in [4.69, 9.17) is 10.00 Å². The lowest BCUT2D eigenvalue weighted by Gasteiger charge is -2.27. The summed E-state index contributed by atoms with van der Waals surface area (Å²) < 4.78 is 34.8. The van der Waals surface area contributed by atoms with E-state index in [1.54, 1.807) is 0 Å². The lowest BCUT2D eigenvalue weighted by molar-refractivity contribution is 0.120. The van der Waals surface area contributed by atoms with Gasteiger partial charge in [-0.25, -0.2) is 4.39 Å². The highest BCUT2D eigenvalue weighted by Gasteiger charge is 2.38. The summed E-state index contributed by atoms with van der Waals surface area (Å²) in [4.78, 5) is 0. The molecule has 1 heterocycles. The number of halogens is 1. The molecule has 1 N–H and O–H groups in total. The molecule has 0 fully saturated rings. The SMILES string of the molecule is CC(N[S@+]([O-])C(C)(C)C)c1cc(F)cc2c1O[C@](C)(CC#N)C2. The molecule has 2 rings (SSSR count). The number of nitrogens with zero attached hydrogens (tertiary/aromatic N) is 1. The van der Waals surface area contributed by atoms with E-state index in [2.05, 4.69) is 10.8 Å². The second kappa shape index (κ2) is 6.31. The summed E-state index contributed by atoms with van der Waals surface area (Å²) in [6.45, 7) is 9.31. The first-order chi connectivity index (χ1) is 10.6. The average molecular weight is 338 g/mol. The van der Waals surface area contributed by atoms with Crippen LogP contribution in [0.2, 0.25) is 0 Å². The molecule has 0 spiro atoms. The smallest absolute Gasteiger partial charge is 0.136 e. The minimum Gasteiger partial charge on any atom is -0.598 e. The molecule has 0 aliphatic carbocycles. The molecule has 0 aromatic heterocycles. The fourth-order valence-electron chi connectivity index (χ4n) is 2.60. The fourth-order valence-corrected chi connectivity index (χ4v) is 3.40. The minimum absolute atomic E-state index is 0.235. The highest BCUT2D eigenvalue weighted by molar-refractivity contribution is 7.90. The molecule has 0 radical (unpaired) electrons. The second-order valence-corrected chi connectivity index (χ2v) is 9.27. The Kier molecular flexibility index (Phi) is 4.95. The Bertz CT molecular complexity index is 639. The zero-order valence-electron chi connectivity index (χ0n) is 14.2. The Morgan fingerprint density at radius 2 is 2.17 bits per heavy atom. The first-order valence-corrected chi connectivity index (χ1v) is 8.77. The molecule has 1 aliphatic rings. The van der Waals surface area contributed by atoms with Gasteiger partial charge in [-0.05, 0) is 46.8 Å². The van der Waals surface area contributed by atoms with Crippen LogP contribution in [0.15, 0.2) is 12.1 Å². The maximum atomic E-state index is 14.0. The predicted octanol–water partition coefficient (Wildman–Crippen LogP) is 3.55. The van der Waals surface area contributed by atoms with Gasteiger partial charge in [-0.15, -0.1) is 4.72 Å². The van der Waals surface area contributed by atoms with Crippen molar-refractivity contribution in [2.45, 2.75) is 63.9 Å². The largest absolute Gasteiger partial charge is 0.598 e. The van der Waals surface area contributed by atoms with Crippen LogP contribution in [0.4, 0.5) is 4.39 Å². The maximum Gasteiger partial charge on any atom is 0.136 e. The lowest BCUT2D eigenvalue weighted by atomic mass is 9.95. The van der Waals surface area contributed by atoms with Gasteiger partial charge in [0.05, 0.1) is 18.5 Å².